The molecule has 78 valence electrons. The lowest BCUT2D eigenvalue weighted by Gasteiger charge is -2.36. The van der Waals surface area contributed by atoms with Crippen LogP contribution >= 0.6 is 15.9 Å². The highest BCUT2D eigenvalue weighted by Crippen LogP contribution is 2.20. The van der Waals surface area contributed by atoms with Gasteiger partial charge in [-0.3, -0.25) is 0 Å². The molecular formula is C9H18BrNO2. The first-order valence-corrected chi connectivity index (χ1v) is 5.84. The Balaban J connectivity index is 2.25. The lowest BCUT2D eigenvalue weighted by atomic mass is 9.94. The summed E-state index contributed by atoms with van der Waals surface area (Å²) in [5.74, 6) is 0. The normalized spacial score (nSPS) is 25.8. The molecule has 0 spiro atoms. The van der Waals surface area contributed by atoms with E-state index < -0.39 is 5.60 Å². The van der Waals surface area contributed by atoms with Crippen molar-refractivity contribution in [1.82, 2.24) is 4.90 Å². The number of β-amino-alcohol motifs (C(OH)–C–C–N with tert-alkyl or cyclic N) is 1. The minimum atomic E-state index is -0.490. The van der Waals surface area contributed by atoms with Crippen LogP contribution in [0.15, 0.2) is 0 Å². The predicted octanol–water partition coefficient (Wildman–Crippen LogP) is 0.589. The second-order valence-corrected chi connectivity index (χ2v) is 4.75. The van der Waals surface area contributed by atoms with Crippen LogP contribution in [0.4, 0.5) is 0 Å². The molecular weight excluding hydrogens is 234 g/mol. The fourth-order valence-corrected chi connectivity index (χ4v) is 1.77. The zero-order chi connectivity index (χ0) is 9.90. The van der Waals surface area contributed by atoms with Crippen molar-refractivity contribution >= 4 is 15.9 Å². The zero-order valence-corrected chi connectivity index (χ0v) is 9.63. The molecule has 1 rings (SSSR count). The molecule has 1 saturated heterocycles. The van der Waals surface area contributed by atoms with Crippen LogP contribution in [-0.4, -0.2) is 51.8 Å². The Morgan fingerprint density at radius 1 is 1.46 bits per heavy atom. The quantitative estimate of drug-likeness (QED) is 0.722. The number of aliphatic hydroxyl groups is 2. The van der Waals surface area contributed by atoms with Gasteiger partial charge in [0.25, 0.3) is 0 Å². The van der Waals surface area contributed by atoms with Gasteiger partial charge < -0.3 is 15.1 Å². The molecule has 1 fully saturated rings. The van der Waals surface area contributed by atoms with Gasteiger partial charge in [0.05, 0.1) is 11.7 Å². The molecule has 0 saturated carbocycles. The molecule has 0 aromatic heterocycles. The van der Waals surface area contributed by atoms with Crippen molar-refractivity contribution in [3.63, 3.8) is 0 Å². The molecule has 0 radical (unpaired) electrons. The first-order valence-electron chi connectivity index (χ1n) is 4.72. The molecule has 0 amide bonds. The van der Waals surface area contributed by atoms with E-state index >= 15 is 0 Å². The van der Waals surface area contributed by atoms with Crippen LogP contribution in [-0.2, 0) is 0 Å². The summed E-state index contributed by atoms with van der Waals surface area (Å²) in [5, 5.41) is 19.7. The minimum absolute atomic E-state index is 0.289. The van der Waals surface area contributed by atoms with Crippen molar-refractivity contribution in [2.75, 3.05) is 25.0 Å². The van der Waals surface area contributed by atoms with E-state index in [4.69, 9.17) is 0 Å². The van der Waals surface area contributed by atoms with Gasteiger partial charge in [0, 0.05) is 25.0 Å². The number of halogens is 1. The predicted molar refractivity (Wildman–Crippen MR) is 56.1 cm³/mol. The van der Waals surface area contributed by atoms with Crippen molar-refractivity contribution in [3.8, 4) is 0 Å². The molecule has 0 bridgehead atoms. The fraction of sp³-hybridized carbons (Fsp3) is 1.00. The zero-order valence-electron chi connectivity index (χ0n) is 8.04. The maximum Gasteiger partial charge on any atom is 0.0763 e. The van der Waals surface area contributed by atoms with E-state index in [1.54, 1.807) is 0 Å². The lowest BCUT2D eigenvalue weighted by molar-refractivity contribution is -0.0138. The Kier molecular flexibility index (Phi) is 4.16. The standard InChI is InChI=1S/C9H18BrNO2/c1-9(13)2-4-11(5-3-9)7-8(12)6-10/h8,12-13H,2-7H2,1H3. The van der Waals surface area contributed by atoms with Gasteiger partial charge in [-0.1, -0.05) is 15.9 Å². The molecule has 0 aromatic rings. The SMILES string of the molecule is CC1(O)CCN(CC(O)CBr)CC1. The summed E-state index contributed by atoms with van der Waals surface area (Å²) in [6.45, 7) is 4.36. The molecule has 1 unspecified atom stereocenters. The molecule has 2 N–H and O–H groups in total. The van der Waals surface area contributed by atoms with Gasteiger partial charge in [-0.15, -0.1) is 0 Å². The van der Waals surface area contributed by atoms with Crippen LogP contribution in [0.3, 0.4) is 0 Å². The third kappa shape index (κ3) is 3.94. The Morgan fingerprint density at radius 3 is 2.46 bits per heavy atom. The summed E-state index contributed by atoms with van der Waals surface area (Å²) in [5.41, 5.74) is -0.490. The maximum absolute atomic E-state index is 9.69. The van der Waals surface area contributed by atoms with Crippen molar-refractivity contribution in [2.45, 2.75) is 31.5 Å². The highest BCUT2D eigenvalue weighted by Gasteiger charge is 2.27. The molecule has 1 aliphatic heterocycles. The molecule has 1 atom stereocenters. The van der Waals surface area contributed by atoms with E-state index in [9.17, 15) is 10.2 Å². The number of nitrogens with zero attached hydrogens (tertiary/aromatic N) is 1. The molecule has 1 heterocycles. The van der Waals surface area contributed by atoms with Gasteiger partial charge >= 0.3 is 0 Å². The average molecular weight is 252 g/mol. The average Bonchev–Trinajstić information content (AvgIpc) is 2.08. The molecule has 0 aliphatic carbocycles. The maximum atomic E-state index is 9.69. The number of hydrogen-bond acceptors (Lipinski definition) is 3. The molecule has 1 aliphatic rings. The van der Waals surface area contributed by atoms with E-state index in [0.717, 1.165) is 25.9 Å². The van der Waals surface area contributed by atoms with Crippen LogP contribution in [0, 0.1) is 0 Å². The van der Waals surface area contributed by atoms with Gasteiger partial charge in [0.15, 0.2) is 0 Å². The van der Waals surface area contributed by atoms with Crippen molar-refractivity contribution in [2.24, 2.45) is 0 Å². The monoisotopic (exact) mass is 251 g/mol. The molecule has 13 heavy (non-hydrogen) atoms. The second kappa shape index (κ2) is 4.73. The Bertz CT molecular complexity index is 154. The van der Waals surface area contributed by atoms with Crippen molar-refractivity contribution in [3.05, 3.63) is 0 Å². The fourth-order valence-electron chi connectivity index (χ4n) is 1.56. The third-order valence-electron chi connectivity index (χ3n) is 2.58. The first kappa shape index (κ1) is 11.4. The van der Waals surface area contributed by atoms with Gasteiger partial charge in [-0.25, -0.2) is 0 Å². The largest absolute Gasteiger partial charge is 0.391 e. The summed E-state index contributed by atoms with van der Waals surface area (Å²) in [7, 11) is 0. The summed E-state index contributed by atoms with van der Waals surface area (Å²) >= 11 is 3.24. The first-order chi connectivity index (χ1) is 6.03. The number of piperidine rings is 1. The smallest absolute Gasteiger partial charge is 0.0763 e. The van der Waals surface area contributed by atoms with E-state index in [1.165, 1.54) is 0 Å². The van der Waals surface area contributed by atoms with Crippen LogP contribution in [0.5, 0.6) is 0 Å². The van der Waals surface area contributed by atoms with Gasteiger partial charge in [0.1, 0.15) is 0 Å². The minimum Gasteiger partial charge on any atom is -0.391 e. The van der Waals surface area contributed by atoms with E-state index in [0.29, 0.717) is 11.9 Å². The number of alkyl halides is 1. The third-order valence-corrected chi connectivity index (χ3v) is 3.33. The summed E-state index contributed by atoms with van der Waals surface area (Å²) < 4.78 is 0. The van der Waals surface area contributed by atoms with Crippen LogP contribution in [0.25, 0.3) is 0 Å². The Labute approximate surface area is 87.9 Å². The summed E-state index contributed by atoms with van der Waals surface area (Å²) in [4.78, 5) is 2.20. The summed E-state index contributed by atoms with van der Waals surface area (Å²) in [6, 6.07) is 0. The highest BCUT2D eigenvalue weighted by molar-refractivity contribution is 9.09. The van der Waals surface area contributed by atoms with Crippen molar-refractivity contribution in [1.29, 1.82) is 0 Å². The second-order valence-electron chi connectivity index (χ2n) is 4.11. The lowest BCUT2D eigenvalue weighted by Crippen LogP contribution is -2.45. The Hall–Kier alpha value is 0.360. The van der Waals surface area contributed by atoms with Crippen molar-refractivity contribution < 1.29 is 10.2 Å². The number of aliphatic hydroxyl groups excluding tert-OH is 1. The number of likely N-dealkylation sites (tertiary alicyclic amines) is 1. The summed E-state index contributed by atoms with van der Waals surface area (Å²) in [6.07, 6.45) is 1.33. The van der Waals surface area contributed by atoms with Gasteiger partial charge in [-0.2, -0.15) is 0 Å². The molecule has 4 heteroatoms. The topological polar surface area (TPSA) is 43.7 Å². The van der Waals surface area contributed by atoms with Gasteiger partial charge in [-0.05, 0) is 19.8 Å². The highest BCUT2D eigenvalue weighted by atomic mass is 79.9. The van der Waals surface area contributed by atoms with E-state index in [1.807, 2.05) is 6.92 Å². The Morgan fingerprint density at radius 2 is 2.00 bits per heavy atom. The number of hydrogen-bond donors (Lipinski definition) is 2. The number of rotatable bonds is 3. The molecule has 0 aromatic carbocycles. The van der Waals surface area contributed by atoms with Crippen LogP contribution in [0.1, 0.15) is 19.8 Å². The van der Waals surface area contributed by atoms with E-state index in [-0.39, 0.29) is 6.10 Å². The van der Waals surface area contributed by atoms with Crippen LogP contribution < -0.4 is 0 Å². The van der Waals surface area contributed by atoms with Crippen LogP contribution in [0.2, 0.25) is 0 Å². The molecule has 3 nitrogen and oxygen atoms in total. The van der Waals surface area contributed by atoms with E-state index in [2.05, 4.69) is 20.8 Å². The van der Waals surface area contributed by atoms with Gasteiger partial charge in [0.2, 0.25) is 0 Å².